The van der Waals surface area contributed by atoms with Crippen molar-refractivity contribution in [1.82, 2.24) is 9.55 Å². The van der Waals surface area contributed by atoms with Gasteiger partial charge in [-0.05, 0) is 42.8 Å². The molecule has 5 heteroatoms. The van der Waals surface area contributed by atoms with Gasteiger partial charge in [0.1, 0.15) is 5.82 Å². The van der Waals surface area contributed by atoms with Crippen LogP contribution in [-0.4, -0.2) is 9.55 Å². The SMILES string of the molecule is Cc1cc(Br)ccc1-n1c(CCl)nc2ccccc2c1=O. The molecule has 1 aromatic heterocycles. The Balaban J connectivity index is 2.41. The number of halogens is 2. The van der Waals surface area contributed by atoms with E-state index < -0.39 is 0 Å². The number of fused-ring (bicyclic) bond motifs is 1. The number of benzene rings is 2. The Hall–Kier alpha value is -1.65. The molecule has 0 aliphatic heterocycles. The van der Waals surface area contributed by atoms with Crippen LogP contribution < -0.4 is 5.56 Å². The predicted octanol–water partition coefficient (Wildman–Crippen LogP) is 4.20. The highest BCUT2D eigenvalue weighted by Crippen LogP contribution is 2.21. The molecule has 1 heterocycles. The van der Waals surface area contributed by atoms with Crippen molar-refractivity contribution >= 4 is 38.4 Å². The number of alkyl halides is 1. The molecule has 0 aliphatic rings. The maximum absolute atomic E-state index is 12.8. The summed E-state index contributed by atoms with van der Waals surface area (Å²) in [5.74, 6) is 0.723. The highest BCUT2D eigenvalue weighted by Gasteiger charge is 2.13. The molecule has 3 rings (SSSR count). The largest absolute Gasteiger partial charge is 0.268 e. The van der Waals surface area contributed by atoms with Gasteiger partial charge in [0.2, 0.25) is 0 Å². The molecule has 0 radical (unpaired) electrons. The molecule has 0 atom stereocenters. The lowest BCUT2D eigenvalue weighted by molar-refractivity contribution is 0.874. The lowest BCUT2D eigenvalue weighted by Crippen LogP contribution is -2.24. The third-order valence-corrected chi connectivity index (χ3v) is 4.10. The first-order valence-electron chi connectivity index (χ1n) is 6.45. The lowest BCUT2D eigenvalue weighted by atomic mass is 10.2. The summed E-state index contributed by atoms with van der Waals surface area (Å²) < 4.78 is 2.56. The van der Waals surface area contributed by atoms with Gasteiger partial charge >= 0.3 is 0 Å². The van der Waals surface area contributed by atoms with Crippen LogP contribution in [0.3, 0.4) is 0 Å². The van der Waals surface area contributed by atoms with Crippen LogP contribution in [0.2, 0.25) is 0 Å². The first-order valence-corrected chi connectivity index (χ1v) is 7.77. The third kappa shape index (κ3) is 2.49. The Kier molecular flexibility index (Phi) is 3.83. The lowest BCUT2D eigenvalue weighted by Gasteiger charge is -2.14. The van der Waals surface area contributed by atoms with Crippen molar-refractivity contribution in [1.29, 1.82) is 0 Å². The molecule has 0 spiro atoms. The van der Waals surface area contributed by atoms with Crippen LogP contribution in [-0.2, 0) is 5.88 Å². The summed E-state index contributed by atoms with van der Waals surface area (Å²) in [4.78, 5) is 17.3. The zero-order chi connectivity index (χ0) is 15.0. The average Bonchev–Trinajstić information content (AvgIpc) is 2.48. The van der Waals surface area contributed by atoms with Gasteiger partial charge in [-0.25, -0.2) is 4.98 Å². The molecule has 21 heavy (non-hydrogen) atoms. The number of aromatic nitrogens is 2. The highest BCUT2D eigenvalue weighted by atomic mass is 79.9. The van der Waals surface area contributed by atoms with Crippen LogP contribution in [0, 0.1) is 6.92 Å². The smallest absolute Gasteiger partial charge is 0.266 e. The number of para-hydroxylation sites is 1. The van der Waals surface area contributed by atoms with Crippen molar-refractivity contribution in [3.63, 3.8) is 0 Å². The first-order chi connectivity index (χ1) is 10.1. The molecule has 2 aromatic carbocycles. The van der Waals surface area contributed by atoms with Gasteiger partial charge in [-0.2, -0.15) is 0 Å². The van der Waals surface area contributed by atoms with E-state index in [2.05, 4.69) is 20.9 Å². The topological polar surface area (TPSA) is 34.9 Å². The van der Waals surface area contributed by atoms with E-state index in [-0.39, 0.29) is 11.4 Å². The van der Waals surface area contributed by atoms with Crippen LogP contribution >= 0.6 is 27.5 Å². The minimum atomic E-state index is -0.0957. The Morgan fingerprint density at radius 1 is 1.24 bits per heavy atom. The quantitative estimate of drug-likeness (QED) is 0.640. The van der Waals surface area contributed by atoms with Gasteiger partial charge in [-0.15, -0.1) is 11.6 Å². The van der Waals surface area contributed by atoms with Gasteiger partial charge in [0.05, 0.1) is 22.5 Å². The molecular formula is C16H12BrClN2O. The van der Waals surface area contributed by atoms with Gasteiger partial charge in [-0.3, -0.25) is 9.36 Å². The minimum absolute atomic E-state index is 0.0957. The summed E-state index contributed by atoms with van der Waals surface area (Å²) in [6.45, 7) is 1.96. The number of aryl methyl sites for hydroxylation is 1. The summed E-state index contributed by atoms with van der Waals surface area (Å²) in [5, 5.41) is 0.591. The van der Waals surface area contributed by atoms with E-state index in [1.165, 1.54) is 0 Å². The molecule has 0 aliphatic carbocycles. The molecule has 0 bridgehead atoms. The van der Waals surface area contributed by atoms with E-state index in [4.69, 9.17) is 11.6 Å². The molecule has 0 saturated carbocycles. The van der Waals surface area contributed by atoms with Crippen molar-refractivity contribution in [3.05, 3.63) is 68.7 Å². The second-order valence-electron chi connectivity index (χ2n) is 4.75. The second-order valence-corrected chi connectivity index (χ2v) is 5.93. The number of hydrogen-bond donors (Lipinski definition) is 0. The first kappa shape index (κ1) is 14.3. The number of rotatable bonds is 2. The summed E-state index contributed by atoms with van der Waals surface area (Å²) in [7, 11) is 0. The molecule has 0 amide bonds. The summed E-state index contributed by atoms with van der Waals surface area (Å²) in [6, 6.07) is 13.1. The Morgan fingerprint density at radius 2 is 2.00 bits per heavy atom. The van der Waals surface area contributed by atoms with Gasteiger partial charge in [-0.1, -0.05) is 28.1 Å². The van der Waals surface area contributed by atoms with E-state index in [1.54, 1.807) is 10.6 Å². The Morgan fingerprint density at radius 3 is 2.71 bits per heavy atom. The highest BCUT2D eigenvalue weighted by molar-refractivity contribution is 9.10. The van der Waals surface area contributed by atoms with Gasteiger partial charge in [0.15, 0.2) is 0 Å². The molecule has 3 nitrogen and oxygen atoms in total. The fraction of sp³-hybridized carbons (Fsp3) is 0.125. The summed E-state index contributed by atoms with van der Waals surface area (Å²) in [5.41, 5.74) is 2.36. The van der Waals surface area contributed by atoms with Crippen molar-refractivity contribution in [2.24, 2.45) is 0 Å². The molecule has 3 aromatic rings. The van der Waals surface area contributed by atoms with Crippen molar-refractivity contribution < 1.29 is 0 Å². The fourth-order valence-electron chi connectivity index (χ4n) is 2.39. The zero-order valence-electron chi connectivity index (χ0n) is 11.3. The zero-order valence-corrected chi connectivity index (χ0v) is 13.6. The molecule has 0 fully saturated rings. The van der Waals surface area contributed by atoms with Gasteiger partial charge in [0, 0.05) is 4.47 Å². The fourth-order valence-corrected chi connectivity index (χ4v) is 3.04. The van der Waals surface area contributed by atoms with Crippen LogP contribution in [0.25, 0.3) is 16.6 Å². The molecule has 0 saturated heterocycles. The van der Waals surface area contributed by atoms with E-state index >= 15 is 0 Å². The van der Waals surface area contributed by atoms with Gasteiger partial charge in [0.25, 0.3) is 5.56 Å². The standard InChI is InChI=1S/C16H12BrClN2O/c1-10-8-11(17)6-7-14(10)20-15(9-18)19-13-5-3-2-4-12(13)16(20)21/h2-8H,9H2,1H3. The molecule has 0 N–H and O–H groups in total. The normalized spacial score (nSPS) is 11.0. The summed E-state index contributed by atoms with van der Waals surface area (Å²) in [6.07, 6.45) is 0. The maximum Gasteiger partial charge on any atom is 0.266 e. The van der Waals surface area contributed by atoms with Crippen molar-refractivity contribution in [2.45, 2.75) is 12.8 Å². The Bertz CT molecular complexity index is 889. The van der Waals surface area contributed by atoms with E-state index in [0.29, 0.717) is 16.7 Å². The van der Waals surface area contributed by atoms with Crippen LogP contribution in [0.4, 0.5) is 0 Å². The van der Waals surface area contributed by atoms with Crippen LogP contribution in [0.1, 0.15) is 11.4 Å². The minimum Gasteiger partial charge on any atom is -0.268 e. The molecule has 0 unspecified atom stereocenters. The maximum atomic E-state index is 12.8. The monoisotopic (exact) mass is 362 g/mol. The third-order valence-electron chi connectivity index (χ3n) is 3.36. The molecule has 106 valence electrons. The Labute approximate surface area is 135 Å². The average molecular weight is 364 g/mol. The van der Waals surface area contributed by atoms with Crippen molar-refractivity contribution in [3.8, 4) is 5.69 Å². The van der Waals surface area contributed by atoms with Gasteiger partial charge < -0.3 is 0 Å². The number of nitrogens with zero attached hydrogens (tertiary/aromatic N) is 2. The van der Waals surface area contributed by atoms with E-state index in [1.807, 2.05) is 43.3 Å². The van der Waals surface area contributed by atoms with Crippen LogP contribution in [0.15, 0.2) is 51.7 Å². The second kappa shape index (κ2) is 5.62. The van der Waals surface area contributed by atoms with Crippen LogP contribution in [0.5, 0.6) is 0 Å². The number of hydrogen-bond acceptors (Lipinski definition) is 2. The van der Waals surface area contributed by atoms with Crippen molar-refractivity contribution in [2.75, 3.05) is 0 Å². The van der Waals surface area contributed by atoms with E-state index in [9.17, 15) is 4.79 Å². The van der Waals surface area contributed by atoms with E-state index in [0.717, 1.165) is 15.7 Å². The molecular weight excluding hydrogens is 352 g/mol. The predicted molar refractivity (Wildman–Crippen MR) is 89.3 cm³/mol. The summed E-state index contributed by atoms with van der Waals surface area (Å²) >= 11 is 9.44.